The van der Waals surface area contributed by atoms with Crippen molar-refractivity contribution in [3.8, 4) is 5.75 Å². The average Bonchev–Trinajstić information content (AvgIpc) is 3.22. The van der Waals surface area contributed by atoms with E-state index in [4.69, 9.17) is 4.74 Å². The number of rotatable bonds is 5. The maximum atomic E-state index is 12.8. The summed E-state index contributed by atoms with van der Waals surface area (Å²) >= 11 is 0. The summed E-state index contributed by atoms with van der Waals surface area (Å²) in [4.78, 5) is 34.2. The van der Waals surface area contributed by atoms with E-state index >= 15 is 0 Å². The van der Waals surface area contributed by atoms with E-state index in [1.807, 2.05) is 11.0 Å². The Kier molecular flexibility index (Phi) is 4.93. The maximum Gasteiger partial charge on any atom is 0.257 e. The van der Waals surface area contributed by atoms with E-state index in [1.165, 1.54) is 0 Å². The molecule has 2 aromatic heterocycles. The van der Waals surface area contributed by atoms with Crippen molar-refractivity contribution in [2.45, 2.75) is 12.3 Å². The van der Waals surface area contributed by atoms with Gasteiger partial charge in [0.25, 0.3) is 11.5 Å². The molecule has 0 spiro atoms. The Morgan fingerprint density at radius 1 is 1.32 bits per heavy atom. The van der Waals surface area contributed by atoms with Crippen molar-refractivity contribution in [3.05, 3.63) is 82.9 Å². The zero-order chi connectivity index (χ0) is 19.5. The summed E-state index contributed by atoms with van der Waals surface area (Å²) in [5, 5.41) is 0.580. The highest BCUT2D eigenvalue weighted by Crippen LogP contribution is 2.28. The number of carbonyl (C=O) groups excluding carboxylic acids is 1. The van der Waals surface area contributed by atoms with Gasteiger partial charge in [0, 0.05) is 36.5 Å². The van der Waals surface area contributed by atoms with Crippen LogP contribution in [0.15, 0.2) is 66.1 Å². The maximum absolute atomic E-state index is 12.8. The van der Waals surface area contributed by atoms with Crippen LogP contribution in [0, 0.1) is 0 Å². The van der Waals surface area contributed by atoms with E-state index in [-0.39, 0.29) is 17.4 Å². The van der Waals surface area contributed by atoms with Crippen LogP contribution >= 0.6 is 0 Å². The first kappa shape index (κ1) is 18.0. The second-order valence-electron chi connectivity index (χ2n) is 6.85. The monoisotopic (exact) mass is 375 g/mol. The van der Waals surface area contributed by atoms with Crippen molar-refractivity contribution in [1.82, 2.24) is 14.9 Å². The van der Waals surface area contributed by atoms with E-state index < -0.39 is 0 Å². The standard InChI is InChI=1S/C22H21N3O3/c1-2-12-28-17-7-5-15(6-8-17)22(27)25-11-9-16(14-25)19-13-20-18(21(26)24-19)4-3-10-23-20/h2-8,10,13,16H,1,9,11-12,14H2,(H,24,26)/t16-/m1/s1. The molecule has 142 valence electrons. The molecule has 6 heteroatoms. The Labute approximate surface area is 162 Å². The van der Waals surface area contributed by atoms with Gasteiger partial charge in [0.05, 0.1) is 10.9 Å². The Bertz CT molecular complexity index is 1070. The van der Waals surface area contributed by atoms with Gasteiger partial charge >= 0.3 is 0 Å². The third kappa shape index (κ3) is 3.53. The molecule has 1 amide bonds. The van der Waals surface area contributed by atoms with Crippen LogP contribution in [-0.4, -0.2) is 40.5 Å². The fourth-order valence-corrected chi connectivity index (χ4v) is 3.56. The predicted molar refractivity (Wildman–Crippen MR) is 108 cm³/mol. The van der Waals surface area contributed by atoms with Crippen LogP contribution in [0.3, 0.4) is 0 Å². The average molecular weight is 375 g/mol. The van der Waals surface area contributed by atoms with Crippen LogP contribution in [0.2, 0.25) is 0 Å². The van der Waals surface area contributed by atoms with E-state index in [1.54, 1.807) is 48.7 Å². The van der Waals surface area contributed by atoms with E-state index in [0.29, 0.717) is 41.9 Å². The zero-order valence-corrected chi connectivity index (χ0v) is 15.4. The highest BCUT2D eigenvalue weighted by atomic mass is 16.5. The highest BCUT2D eigenvalue weighted by molar-refractivity contribution is 5.94. The minimum atomic E-state index is -0.138. The van der Waals surface area contributed by atoms with Crippen molar-refractivity contribution in [1.29, 1.82) is 0 Å². The van der Waals surface area contributed by atoms with Crippen molar-refractivity contribution < 1.29 is 9.53 Å². The minimum Gasteiger partial charge on any atom is -0.490 e. The molecule has 1 fully saturated rings. The molecule has 0 unspecified atom stereocenters. The largest absolute Gasteiger partial charge is 0.490 e. The molecule has 0 saturated carbocycles. The normalized spacial score (nSPS) is 16.3. The van der Waals surface area contributed by atoms with Gasteiger partial charge in [-0.2, -0.15) is 0 Å². The summed E-state index contributed by atoms with van der Waals surface area (Å²) in [6, 6.07) is 12.6. The summed E-state index contributed by atoms with van der Waals surface area (Å²) in [7, 11) is 0. The van der Waals surface area contributed by atoms with Gasteiger partial charge in [-0.1, -0.05) is 12.7 Å². The molecule has 3 heterocycles. The number of nitrogens with zero attached hydrogens (tertiary/aromatic N) is 2. The van der Waals surface area contributed by atoms with Crippen LogP contribution in [0.4, 0.5) is 0 Å². The number of nitrogens with one attached hydrogen (secondary N) is 1. The van der Waals surface area contributed by atoms with Crippen LogP contribution < -0.4 is 10.3 Å². The molecule has 0 radical (unpaired) electrons. The number of hydrogen-bond donors (Lipinski definition) is 1. The molecule has 1 N–H and O–H groups in total. The summed E-state index contributed by atoms with van der Waals surface area (Å²) in [5.74, 6) is 0.786. The zero-order valence-electron chi connectivity index (χ0n) is 15.4. The lowest BCUT2D eigenvalue weighted by Gasteiger charge is -2.17. The van der Waals surface area contributed by atoms with Crippen LogP contribution in [0.25, 0.3) is 10.9 Å². The van der Waals surface area contributed by atoms with Gasteiger partial charge in [-0.05, 0) is 48.9 Å². The topological polar surface area (TPSA) is 75.3 Å². The lowest BCUT2D eigenvalue weighted by Crippen LogP contribution is -2.28. The number of hydrogen-bond acceptors (Lipinski definition) is 4. The van der Waals surface area contributed by atoms with Crippen molar-refractivity contribution in [2.24, 2.45) is 0 Å². The predicted octanol–water partition coefficient (Wildman–Crippen LogP) is 3.12. The van der Waals surface area contributed by atoms with Gasteiger partial charge in [-0.3, -0.25) is 14.6 Å². The van der Waals surface area contributed by atoms with E-state index in [2.05, 4.69) is 16.5 Å². The molecule has 6 nitrogen and oxygen atoms in total. The molecule has 0 aliphatic carbocycles. The molecule has 1 aliphatic heterocycles. The third-order valence-electron chi connectivity index (χ3n) is 5.02. The molecule has 1 saturated heterocycles. The van der Waals surface area contributed by atoms with Gasteiger partial charge in [0.15, 0.2) is 0 Å². The quantitative estimate of drug-likeness (QED) is 0.695. The number of amides is 1. The smallest absolute Gasteiger partial charge is 0.257 e. The van der Waals surface area contributed by atoms with Gasteiger partial charge in [0.1, 0.15) is 12.4 Å². The number of carbonyl (C=O) groups is 1. The summed E-state index contributed by atoms with van der Waals surface area (Å²) < 4.78 is 5.45. The number of ether oxygens (including phenoxy) is 1. The number of aromatic nitrogens is 2. The van der Waals surface area contributed by atoms with E-state index in [9.17, 15) is 9.59 Å². The second kappa shape index (κ2) is 7.68. The number of aromatic amines is 1. The first-order valence-electron chi connectivity index (χ1n) is 9.26. The lowest BCUT2D eigenvalue weighted by molar-refractivity contribution is 0.0790. The molecule has 4 rings (SSSR count). The van der Waals surface area contributed by atoms with Crippen LogP contribution in [-0.2, 0) is 0 Å². The number of benzene rings is 1. The fraction of sp³-hybridized carbons (Fsp3) is 0.227. The lowest BCUT2D eigenvalue weighted by atomic mass is 10.0. The SMILES string of the molecule is C=CCOc1ccc(C(=O)N2CC[C@@H](c3cc4ncccc4c(=O)[nH]3)C2)cc1. The molecule has 28 heavy (non-hydrogen) atoms. The molecule has 3 aromatic rings. The summed E-state index contributed by atoms with van der Waals surface area (Å²) in [6.07, 6.45) is 4.16. The van der Waals surface area contributed by atoms with Crippen LogP contribution in [0.5, 0.6) is 5.75 Å². The number of H-pyrrole nitrogens is 1. The van der Waals surface area contributed by atoms with Gasteiger partial charge in [0.2, 0.25) is 0 Å². The van der Waals surface area contributed by atoms with Gasteiger partial charge in [-0.15, -0.1) is 0 Å². The number of likely N-dealkylation sites (tertiary alicyclic amines) is 1. The van der Waals surface area contributed by atoms with E-state index in [0.717, 1.165) is 12.1 Å². The second-order valence-corrected chi connectivity index (χ2v) is 6.85. The third-order valence-corrected chi connectivity index (χ3v) is 5.02. The van der Waals surface area contributed by atoms with Crippen molar-refractivity contribution >= 4 is 16.8 Å². The first-order chi connectivity index (χ1) is 13.7. The molecular formula is C22H21N3O3. The molecule has 0 bridgehead atoms. The fourth-order valence-electron chi connectivity index (χ4n) is 3.56. The Balaban J connectivity index is 1.48. The van der Waals surface area contributed by atoms with Crippen molar-refractivity contribution in [3.63, 3.8) is 0 Å². The highest BCUT2D eigenvalue weighted by Gasteiger charge is 2.29. The Morgan fingerprint density at radius 3 is 2.93 bits per heavy atom. The molecule has 1 aromatic carbocycles. The Morgan fingerprint density at radius 2 is 2.14 bits per heavy atom. The van der Waals surface area contributed by atoms with Gasteiger partial charge in [-0.25, -0.2) is 0 Å². The minimum absolute atomic E-state index is 0.0148. The van der Waals surface area contributed by atoms with Gasteiger partial charge < -0.3 is 14.6 Å². The molecule has 1 atom stereocenters. The number of fused-ring (bicyclic) bond motifs is 1. The van der Waals surface area contributed by atoms with Crippen molar-refractivity contribution in [2.75, 3.05) is 19.7 Å². The Hall–Kier alpha value is -3.41. The van der Waals surface area contributed by atoms with Crippen LogP contribution in [0.1, 0.15) is 28.4 Å². The number of pyridine rings is 2. The summed E-state index contributed by atoms with van der Waals surface area (Å²) in [5.41, 5.74) is 2.00. The molecular weight excluding hydrogens is 354 g/mol. The summed E-state index contributed by atoms with van der Waals surface area (Å²) in [6.45, 7) is 5.27. The first-order valence-corrected chi connectivity index (χ1v) is 9.26. The molecule has 1 aliphatic rings.